The zero-order valence-electron chi connectivity index (χ0n) is 27.6. The van der Waals surface area contributed by atoms with Crippen LogP contribution in [0, 0.1) is 0 Å². The van der Waals surface area contributed by atoms with E-state index in [1.54, 1.807) is 0 Å². The molecule has 2 aliphatic rings. The minimum absolute atomic E-state index is 0.328. The fraction of sp³-hybridized carbons (Fsp3) is 0.0638. The van der Waals surface area contributed by atoms with E-state index in [0.29, 0.717) is 5.92 Å². The summed E-state index contributed by atoms with van der Waals surface area (Å²) in [7, 11) is 0. The Balaban J connectivity index is 1.28. The Kier molecular flexibility index (Phi) is 5.71. The summed E-state index contributed by atoms with van der Waals surface area (Å²) in [5.74, 6) is 0.328. The first-order chi connectivity index (χ1) is 24.7. The molecule has 0 spiro atoms. The van der Waals surface area contributed by atoms with Gasteiger partial charge in [-0.15, -0.1) is 0 Å². The Hall–Kier alpha value is -6.32. The fourth-order valence-electron chi connectivity index (χ4n) is 8.77. The second-order valence-electron chi connectivity index (χ2n) is 13.7. The van der Waals surface area contributed by atoms with Crippen molar-refractivity contribution in [1.82, 2.24) is 14.5 Å². The number of allylic oxidation sites excluding steroid dienone is 1. The zero-order valence-corrected chi connectivity index (χ0v) is 27.6. The highest BCUT2D eigenvalue weighted by Crippen LogP contribution is 2.54. The van der Waals surface area contributed by atoms with Crippen LogP contribution in [0.4, 0.5) is 0 Å². The van der Waals surface area contributed by atoms with Crippen LogP contribution in [0.25, 0.3) is 88.4 Å². The van der Waals surface area contributed by atoms with Crippen molar-refractivity contribution in [2.45, 2.75) is 19.3 Å². The molecule has 11 rings (SSSR count). The highest BCUT2D eigenvalue weighted by atomic mass is 15.0. The normalized spacial score (nSPS) is 14.7. The summed E-state index contributed by atoms with van der Waals surface area (Å²) in [6.07, 6.45) is 3.47. The molecule has 0 saturated carbocycles. The van der Waals surface area contributed by atoms with Crippen molar-refractivity contribution in [3.63, 3.8) is 0 Å². The number of hydrogen-bond acceptors (Lipinski definition) is 2. The zero-order chi connectivity index (χ0) is 32.9. The quantitative estimate of drug-likeness (QED) is 0.181. The molecule has 0 saturated heterocycles. The van der Waals surface area contributed by atoms with Gasteiger partial charge in [-0.25, -0.2) is 9.97 Å². The molecular weight excluding hydrogens is 607 g/mol. The summed E-state index contributed by atoms with van der Waals surface area (Å²) in [6, 6.07) is 52.4. The van der Waals surface area contributed by atoms with E-state index in [4.69, 9.17) is 9.97 Å². The Morgan fingerprint density at radius 2 is 1.16 bits per heavy atom. The summed E-state index contributed by atoms with van der Waals surface area (Å²) in [4.78, 5) is 10.7. The van der Waals surface area contributed by atoms with Gasteiger partial charge < -0.3 is 4.57 Å². The predicted molar refractivity (Wildman–Crippen MR) is 208 cm³/mol. The molecule has 50 heavy (non-hydrogen) atoms. The van der Waals surface area contributed by atoms with Gasteiger partial charge >= 0.3 is 0 Å². The van der Waals surface area contributed by atoms with Crippen LogP contribution in [-0.2, 0) is 0 Å². The molecule has 0 radical (unpaired) electrons. The maximum atomic E-state index is 5.40. The summed E-state index contributed by atoms with van der Waals surface area (Å²) in [5, 5.41) is 6.57. The van der Waals surface area contributed by atoms with Gasteiger partial charge in [-0.05, 0) is 57.7 Å². The minimum Gasteiger partial charge on any atom is -0.312 e. The highest BCUT2D eigenvalue weighted by Gasteiger charge is 2.34. The molecular formula is C47H31N3. The van der Waals surface area contributed by atoms with Gasteiger partial charge in [-0.3, -0.25) is 0 Å². The van der Waals surface area contributed by atoms with Gasteiger partial charge in [0.1, 0.15) is 0 Å². The lowest BCUT2D eigenvalue weighted by Crippen LogP contribution is -2.10. The number of nitrogens with zero attached hydrogens (tertiary/aromatic N) is 3. The Bertz CT molecular complexity index is 2900. The maximum absolute atomic E-state index is 5.40. The van der Waals surface area contributed by atoms with Crippen LogP contribution in [0.1, 0.15) is 36.1 Å². The molecule has 0 N–H and O–H groups in total. The van der Waals surface area contributed by atoms with Crippen LogP contribution in [0.5, 0.6) is 0 Å². The first kappa shape index (κ1) is 27.6. The SMILES string of the molecule is CC1CC=C2c3ccccc3-c3cccc4c5ccccc5c5c(c2c1n5-c1ccc2nc(-c5ccccc5)c(-c5ccccc5)nc2c1)c34. The van der Waals surface area contributed by atoms with Crippen molar-refractivity contribution in [3.8, 4) is 39.3 Å². The smallest absolute Gasteiger partial charge is 0.0973 e. The summed E-state index contributed by atoms with van der Waals surface area (Å²) in [6.45, 7) is 2.39. The van der Waals surface area contributed by atoms with Crippen molar-refractivity contribution >= 4 is 49.1 Å². The van der Waals surface area contributed by atoms with E-state index in [1.165, 1.54) is 66.0 Å². The van der Waals surface area contributed by atoms with Gasteiger partial charge in [0.2, 0.25) is 0 Å². The summed E-state index contributed by atoms with van der Waals surface area (Å²) >= 11 is 0. The number of rotatable bonds is 3. The van der Waals surface area contributed by atoms with Crippen molar-refractivity contribution < 1.29 is 0 Å². The molecule has 0 amide bonds. The van der Waals surface area contributed by atoms with Gasteiger partial charge in [0.25, 0.3) is 0 Å². The molecule has 0 bridgehead atoms. The molecule has 7 aromatic carbocycles. The van der Waals surface area contributed by atoms with Crippen molar-refractivity contribution in [1.29, 1.82) is 0 Å². The summed E-state index contributed by atoms with van der Waals surface area (Å²) in [5.41, 5.74) is 16.1. The third-order valence-corrected chi connectivity index (χ3v) is 10.9. The van der Waals surface area contributed by atoms with Crippen molar-refractivity contribution in [3.05, 3.63) is 168 Å². The number of benzene rings is 7. The molecule has 234 valence electrons. The molecule has 3 nitrogen and oxygen atoms in total. The Labute approximate surface area is 289 Å². The average Bonchev–Trinajstić information content (AvgIpc) is 3.49. The van der Waals surface area contributed by atoms with Gasteiger partial charge in [-0.2, -0.15) is 0 Å². The molecule has 2 aromatic heterocycles. The van der Waals surface area contributed by atoms with E-state index >= 15 is 0 Å². The van der Waals surface area contributed by atoms with E-state index < -0.39 is 0 Å². The standard InChI is InChI=1S/C47H31N3/c1-28-23-25-37-33-18-9-8-17-32(33)35-21-12-22-36-34-19-10-11-20-38(34)47-43(41(35)36)42(37)46(28)50(47)31-24-26-39-40(27-31)49-45(30-15-6-3-7-16-30)44(48-39)29-13-4-2-5-14-29/h2-22,24-28H,23H2,1H3. The number of fused-ring (bicyclic) bond motifs is 7. The second-order valence-corrected chi connectivity index (χ2v) is 13.7. The molecule has 2 heterocycles. The lowest BCUT2D eigenvalue weighted by atomic mass is 9.84. The van der Waals surface area contributed by atoms with E-state index in [9.17, 15) is 0 Å². The first-order valence-corrected chi connectivity index (χ1v) is 17.5. The fourth-order valence-corrected chi connectivity index (χ4v) is 8.77. The predicted octanol–water partition coefficient (Wildman–Crippen LogP) is 12.1. The van der Waals surface area contributed by atoms with Gasteiger partial charge in [-0.1, -0.05) is 140 Å². The Morgan fingerprint density at radius 3 is 1.92 bits per heavy atom. The van der Waals surface area contributed by atoms with Crippen LogP contribution in [0.15, 0.2) is 152 Å². The maximum Gasteiger partial charge on any atom is 0.0973 e. The third-order valence-electron chi connectivity index (χ3n) is 10.9. The van der Waals surface area contributed by atoms with E-state index in [-0.39, 0.29) is 0 Å². The Morgan fingerprint density at radius 1 is 0.540 bits per heavy atom. The lowest BCUT2D eigenvalue weighted by Gasteiger charge is -2.24. The topological polar surface area (TPSA) is 30.7 Å². The minimum atomic E-state index is 0.328. The lowest BCUT2D eigenvalue weighted by molar-refractivity contribution is 0.721. The van der Waals surface area contributed by atoms with Crippen molar-refractivity contribution in [2.75, 3.05) is 0 Å². The summed E-state index contributed by atoms with van der Waals surface area (Å²) < 4.78 is 2.57. The highest BCUT2D eigenvalue weighted by molar-refractivity contribution is 6.32. The molecule has 3 heteroatoms. The van der Waals surface area contributed by atoms with Crippen LogP contribution < -0.4 is 0 Å². The number of aromatic nitrogens is 3. The first-order valence-electron chi connectivity index (χ1n) is 17.5. The molecule has 9 aromatic rings. The molecule has 2 aliphatic carbocycles. The van der Waals surface area contributed by atoms with Gasteiger partial charge in [0, 0.05) is 50.1 Å². The number of hydrogen-bond donors (Lipinski definition) is 0. The second kappa shape index (κ2) is 10.3. The van der Waals surface area contributed by atoms with Crippen LogP contribution >= 0.6 is 0 Å². The molecule has 0 fully saturated rings. The van der Waals surface area contributed by atoms with Gasteiger partial charge in [0.15, 0.2) is 0 Å². The van der Waals surface area contributed by atoms with Gasteiger partial charge in [0.05, 0.1) is 27.9 Å². The van der Waals surface area contributed by atoms with E-state index in [2.05, 4.69) is 157 Å². The van der Waals surface area contributed by atoms with E-state index in [0.717, 1.165) is 45.7 Å². The molecule has 1 atom stereocenters. The third kappa shape index (κ3) is 3.75. The monoisotopic (exact) mass is 637 g/mol. The average molecular weight is 638 g/mol. The van der Waals surface area contributed by atoms with Crippen LogP contribution in [-0.4, -0.2) is 14.5 Å². The molecule has 0 aliphatic heterocycles. The van der Waals surface area contributed by atoms with Crippen LogP contribution in [0.3, 0.4) is 0 Å². The van der Waals surface area contributed by atoms with E-state index in [1.807, 2.05) is 6.07 Å². The molecule has 1 unspecified atom stereocenters. The van der Waals surface area contributed by atoms with Crippen molar-refractivity contribution in [2.24, 2.45) is 0 Å². The largest absolute Gasteiger partial charge is 0.312 e. The van der Waals surface area contributed by atoms with Crippen LogP contribution in [0.2, 0.25) is 0 Å².